The molecule has 2 saturated heterocycles. The number of aromatic nitrogens is 1. The fourth-order valence-corrected chi connectivity index (χ4v) is 4.88. The first-order valence-electron chi connectivity index (χ1n) is 9.31. The number of halogens is 2. The van der Waals surface area contributed by atoms with Gasteiger partial charge < -0.3 is 20.5 Å². The molecular weight excluding hydrogens is 383 g/mol. The number of carbonyl (C=O) groups excluding carboxylic acids is 2. The van der Waals surface area contributed by atoms with E-state index < -0.39 is 11.7 Å². The van der Waals surface area contributed by atoms with Gasteiger partial charge in [-0.25, -0.2) is 4.39 Å². The van der Waals surface area contributed by atoms with Gasteiger partial charge >= 0.3 is 0 Å². The summed E-state index contributed by atoms with van der Waals surface area (Å²) < 4.78 is 15.2. The number of aryl methyl sites for hydroxylation is 1. The second kappa shape index (κ2) is 6.81. The molecule has 2 aromatic rings. The summed E-state index contributed by atoms with van der Waals surface area (Å²) in [6.07, 6.45) is 3.12. The van der Waals surface area contributed by atoms with E-state index in [4.69, 9.17) is 17.3 Å². The van der Waals surface area contributed by atoms with E-state index >= 15 is 4.39 Å². The van der Waals surface area contributed by atoms with Crippen LogP contribution in [0.5, 0.6) is 0 Å². The Morgan fingerprint density at radius 2 is 2.11 bits per heavy atom. The van der Waals surface area contributed by atoms with E-state index in [0.717, 1.165) is 12.8 Å². The van der Waals surface area contributed by atoms with Gasteiger partial charge in [0.15, 0.2) is 0 Å². The lowest BCUT2D eigenvalue weighted by atomic mass is 9.91. The Kier molecular flexibility index (Phi) is 4.57. The molecule has 2 amide bonds. The zero-order valence-electron chi connectivity index (χ0n) is 15.6. The Labute approximate surface area is 167 Å². The number of carbonyl (C=O) groups is 2. The van der Waals surface area contributed by atoms with Gasteiger partial charge in [-0.3, -0.25) is 9.59 Å². The highest BCUT2D eigenvalue weighted by Crippen LogP contribution is 2.42. The van der Waals surface area contributed by atoms with Crippen molar-refractivity contribution in [3.63, 3.8) is 0 Å². The second-order valence-corrected chi connectivity index (χ2v) is 7.90. The van der Waals surface area contributed by atoms with Crippen molar-refractivity contribution in [1.82, 2.24) is 9.88 Å². The number of nitrogens with zero attached hydrogens (tertiary/aromatic N) is 2. The molecule has 2 fully saturated rings. The largest absolute Gasteiger partial charge is 0.366 e. The van der Waals surface area contributed by atoms with Gasteiger partial charge in [0.05, 0.1) is 27.8 Å². The molecule has 28 heavy (non-hydrogen) atoms. The van der Waals surface area contributed by atoms with Crippen LogP contribution in [0.25, 0.3) is 10.9 Å². The van der Waals surface area contributed by atoms with Crippen LogP contribution in [0.2, 0.25) is 5.02 Å². The number of hydrogen-bond acceptors (Lipinski definition) is 3. The zero-order valence-corrected chi connectivity index (χ0v) is 16.4. The van der Waals surface area contributed by atoms with Crippen molar-refractivity contribution in [2.45, 2.75) is 25.8 Å². The topological polar surface area (TPSA) is 82.4 Å². The Balaban J connectivity index is 1.80. The predicted octanol–water partition coefficient (Wildman–Crippen LogP) is 2.98. The normalized spacial score (nSPS) is 21.8. The number of H-pyrrole nitrogens is 1. The smallest absolute Gasteiger partial charge is 0.250 e. The zero-order chi connectivity index (χ0) is 20.2. The number of rotatable bonds is 3. The van der Waals surface area contributed by atoms with Gasteiger partial charge in [0.2, 0.25) is 5.91 Å². The quantitative estimate of drug-likeness (QED) is 0.771. The van der Waals surface area contributed by atoms with Crippen LogP contribution in [0.15, 0.2) is 18.7 Å². The molecule has 8 heteroatoms. The number of likely N-dealkylation sites (tertiary alicyclic amines) is 1. The van der Waals surface area contributed by atoms with Crippen molar-refractivity contribution in [3.05, 3.63) is 40.8 Å². The van der Waals surface area contributed by atoms with Crippen LogP contribution < -0.4 is 10.6 Å². The summed E-state index contributed by atoms with van der Waals surface area (Å²) >= 11 is 6.47. The van der Waals surface area contributed by atoms with Crippen molar-refractivity contribution in [2.24, 2.45) is 11.7 Å². The predicted molar refractivity (Wildman–Crippen MR) is 107 cm³/mol. The molecule has 0 radical (unpaired) electrons. The summed E-state index contributed by atoms with van der Waals surface area (Å²) in [7, 11) is 0. The Morgan fingerprint density at radius 1 is 1.39 bits per heavy atom. The molecule has 4 rings (SSSR count). The third-order valence-electron chi connectivity index (χ3n) is 6.02. The van der Waals surface area contributed by atoms with Gasteiger partial charge in [0.25, 0.3) is 5.91 Å². The molecule has 3 N–H and O–H groups in total. The molecule has 1 aromatic heterocycles. The SMILES string of the molecule is C=CC(=O)N1CC[C@H]2CCN(c3c(F)cc(C(N)=O)c4[nH]c(C)c(Cl)c34)C[C@H]21. The minimum Gasteiger partial charge on any atom is -0.366 e. The van der Waals surface area contributed by atoms with Crippen molar-refractivity contribution in [3.8, 4) is 0 Å². The third kappa shape index (κ3) is 2.76. The number of nitrogens with one attached hydrogen (secondary N) is 1. The summed E-state index contributed by atoms with van der Waals surface area (Å²) in [5.41, 5.74) is 6.95. The third-order valence-corrected chi connectivity index (χ3v) is 6.49. The van der Waals surface area contributed by atoms with Crippen molar-refractivity contribution >= 4 is 40.0 Å². The van der Waals surface area contributed by atoms with Crippen molar-refractivity contribution < 1.29 is 14.0 Å². The molecule has 2 atom stereocenters. The first-order chi connectivity index (χ1) is 13.3. The molecule has 0 spiro atoms. The van der Waals surface area contributed by atoms with E-state index in [1.807, 2.05) is 9.80 Å². The minimum atomic E-state index is -0.717. The summed E-state index contributed by atoms with van der Waals surface area (Å²) in [4.78, 5) is 30.8. The summed E-state index contributed by atoms with van der Waals surface area (Å²) in [6, 6.07) is 1.17. The van der Waals surface area contributed by atoms with Crippen molar-refractivity contribution in [2.75, 3.05) is 24.5 Å². The standard InChI is InChI=1S/C20H22ClFN4O2/c1-3-15(27)26-7-5-11-4-6-25(9-14(11)26)19-13(22)8-12(20(23)28)18-16(19)17(21)10(2)24-18/h3,8,11,14,24H,1,4-7,9H2,2H3,(H2,23,28)/t11-,14-/m1/s1. The number of primary amides is 1. The van der Waals surface area contributed by atoms with Gasteiger partial charge in [-0.15, -0.1) is 0 Å². The van der Waals surface area contributed by atoms with E-state index in [2.05, 4.69) is 11.6 Å². The van der Waals surface area contributed by atoms with Crippen LogP contribution in [0, 0.1) is 18.7 Å². The fraction of sp³-hybridized carbons (Fsp3) is 0.400. The number of anilines is 1. The lowest BCUT2D eigenvalue weighted by Gasteiger charge is -2.39. The number of aromatic amines is 1. The average molecular weight is 405 g/mol. The molecule has 6 nitrogen and oxygen atoms in total. The number of piperidine rings is 1. The van der Waals surface area contributed by atoms with Crippen LogP contribution in [0.3, 0.4) is 0 Å². The summed E-state index contributed by atoms with van der Waals surface area (Å²) in [6.45, 7) is 7.20. The molecule has 2 aliphatic heterocycles. The van der Waals surface area contributed by atoms with E-state index in [-0.39, 0.29) is 17.5 Å². The van der Waals surface area contributed by atoms with Gasteiger partial charge in [0, 0.05) is 30.7 Å². The van der Waals surface area contributed by atoms with Gasteiger partial charge in [-0.1, -0.05) is 18.2 Å². The van der Waals surface area contributed by atoms with Gasteiger partial charge in [0.1, 0.15) is 5.82 Å². The lowest BCUT2D eigenvalue weighted by Crippen LogP contribution is -2.50. The van der Waals surface area contributed by atoms with Crippen LogP contribution in [-0.2, 0) is 4.79 Å². The van der Waals surface area contributed by atoms with Crippen LogP contribution in [0.4, 0.5) is 10.1 Å². The van der Waals surface area contributed by atoms with E-state index in [0.29, 0.717) is 52.9 Å². The van der Waals surface area contributed by atoms with Crippen LogP contribution in [0.1, 0.15) is 28.9 Å². The number of benzene rings is 1. The number of fused-ring (bicyclic) bond motifs is 2. The second-order valence-electron chi connectivity index (χ2n) is 7.52. The Bertz CT molecular complexity index is 1000. The Morgan fingerprint density at radius 3 is 2.79 bits per heavy atom. The lowest BCUT2D eigenvalue weighted by molar-refractivity contribution is -0.127. The monoisotopic (exact) mass is 404 g/mol. The molecule has 148 valence electrons. The van der Waals surface area contributed by atoms with Gasteiger partial charge in [-0.2, -0.15) is 0 Å². The van der Waals surface area contributed by atoms with E-state index in [1.54, 1.807) is 6.92 Å². The van der Waals surface area contributed by atoms with Crippen molar-refractivity contribution in [1.29, 1.82) is 0 Å². The van der Waals surface area contributed by atoms with E-state index in [9.17, 15) is 9.59 Å². The van der Waals surface area contributed by atoms with E-state index in [1.165, 1.54) is 12.1 Å². The molecular formula is C20H22ClFN4O2. The van der Waals surface area contributed by atoms with Gasteiger partial charge in [-0.05, 0) is 37.8 Å². The first-order valence-corrected chi connectivity index (χ1v) is 9.69. The average Bonchev–Trinajstić information content (AvgIpc) is 3.22. The maximum atomic E-state index is 15.2. The van der Waals surface area contributed by atoms with Crippen LogP contribution in [-0.4, -0.2) is 47.4 Å². The first kappa shape index (κ1) is 18.8. The molecule has 0 saturated carbocycles. The molecule has 0 bridgehead atoms. The minimum absolute atomic E-state index is 0.00308. The molecule has 1 aromatic carbocycles. The highest BCUT2D eigenvalue weighted by atomic mass is 35.5. The maximum absolute atomic E-state index is 15.2. The number of hydrogen-bond donors (Lipinski definition) is 2. The highest BCUT2D eigenvalue weighted by Gasteiger charge is 2.41. The highest BCUT2D eigenvalue weighted by molar-refractivity contribution is 6.38. The molecule has 0 aliphatic carbocycles. The number of amides is 2. The summed E-state index contributed by atoms with van der Waals surface area (Å²) in [5.74, 6) is -0.961. The maximum Gasteiger partial charge on any atom is 0.250 e. The fourth-order valence-electron chi connectivity index (χ4n) is 4.65. The Hall–Kier alpha value is -2.54. The van der Waals surface area contributed by atoms with Crippen LogP contribution >= 0.6 is 11.6 Å². The summed E-state index contributed by atoms with van der Waals surface area (Å²) in [5, 5.41) is 0.839. The molecule has 2 aliphatic rings. The number of nitrogens with two attached hydrogens (primary N) is 1. The molecule has 0 unspecified atom stereocenters. The molecule has 3 heterocycles.